The first kappa shape index (κ1) is 19.7. The predicted octanol–water partition coefficient (Wildman–Crippen LogP) is 5.92. The molecule has 3 rings (SSSR count). The van der Waals surface area contributed by atoms with Crippen LogP contribution >= 0.6 is 11.6 Å². The molecule has 1 heterocycles. The minimum absolute atomic E-state index is 0.00354. The van der Waals surface area contributed by atoms with E-state index < -0.39 is 33.8 Å². The van der Waals surface area contributed by atoms with Crippen molar-refractivity contribution < 1.29 is 27.6 Å². The number of hydrogen-bond donors (Lipinski definition) is 0. The molecule has 10 heteroatoms. The highest BCUT2D eigenvalue weighted by Crippen LogP contribution is 2.48. The molecule has 0 aliphatic heterocycles. The van der Waals surface area contributed by atoms with Crippen LogP contribution in [0.1, 0.15) is 11.1 Å². The zero-order valence-electron chi connectivity index (χ0n) is 14.5. The molecule has 28 heavy (non-hydrogen) atoms. The van der Waals surface area contributed by atoms with Crippen molar-refractivity contribution in [2.45, 2.75) is 13.1 Å². The summed E-state index contributed by atoms with van der Waals surface area (Å²) in [4.78, 5) is 14.7. The number of pyridine rings is 1. The van der Waals surface area contributed by atoms with E-state index in [-0.39, 0.29) is 16.4 Å². The minimum Gasteiger partial charge on any atom is -0.492 e. The van der Waals surface area contributed by atoms with Gasteiger partial charge < -0.3 is 9.47 Å². The van der Waals surface area contributed by atoms with E-state index >= 15 is 0 Å². The number of benzene rings is 2. The van der Waals surface area contributed by atoms with Crippen molar-refractivity contribution in [3.8, 4) is 17.2 Å². The van der Waals surface area contributed by atoms with Gasteiger partial charge in [0, 0.05) is 11.5 Å². The zero-order chi connectivity index (χ0) is 20.6. The lowest BCUT2D eigenvalue weighted by molar-refractivity contribution is -0.385. The van der Waals surface area contributed by atoms with Gasteiger partial charge in [0.15, 0.2) is 11.5 Å². The van der Waals surface area contributed by atoms with Crippen molar-refractivity contribution in [2.24, 2.45) is 0 Å². The average Bonchev–Trinajstić information content (AvgIpc) is 2.60. The van der Waals surface area contributed by atoms with Crippen molar-refractivity contribution in [1.82, 2.24) is 4.98 Å². The molecule has 0 bridgehead atoms. The van der Waals surface area contributed by atoms with E-state index in [2.05, 4.69) is 4.98 Å². The van der Waals surface area contributed by atoms with Gasteiger partial charge in [0.1, 0.15) is 16.2 Å². The summed E-state index contributed by atoms with van der Waals surface area (Å²) in [7, 11) is 0.976. The maximum atomic E-state index is 13.3. The SMILES string of the molecule is COc1c(C(F)(F)F)ccc([N+](=O)[O-])c1Oc1cccc2c(C)cc(Cl)nc12. The van der Waals surface area contributed by atoms with Gasteiger partial charge in [-0.25, -0.2) is 4.98 Å². The molecule has 0 amide bonds. The van der Waals surface area contributed by atoms with E-state index in [1.54, 1.807) is 25.1 Å². The first-order chi connectivity index (χ1) is 13.1. The van der Waals surface area contributed by atoms with E-state index in [0.717, 1.165) is 18.7 Å². The number of nitrogens with zero attached hydrogens (tertiary/aromatic N) is 2. The summed E-state index contributed by atoms with van der Waals surface area (Å²) in [6.07, 6.45) is -4.80. The topological polar surface area (TPSA) is 74.5 Å². The second kappa shape index (κ2) is 7.16. The summed E-state index contributed by atoms with van der Waals surface area (Å²) in [5, 5.41) is 12.1. The van der Waals surface area contributed by atoms with Crippen LogP contribution in [0.2, 0.25) is 5.15 Å². The molecule has 0 aliphatic rings. The summed E-state index contributed by atoms with van der Waals surface area (Å²) in [6, 6.07) is 7.64. The van der Waals surface area contributed by atoms with Crippen LogP contribution < -0.4 is 9.47 Å². The van der Waals surface area contributed by atoms with Crippen molar-refractivity contribution in [2.75, 3.05) is 7.11 Å². The Balaban J connectivity index is 2.27. The third-order valence-corrected chi connectivity index (χ3v) is 4.18. The lowest BCUT2D eigenvalue weighted by Crippen LogP contribution is -2.09. The number of ether oxygens (including phenoxy) is 2. The van der Waals surface area contributed by atoms with Gasteiger partial charge in [0.05, 0.1) is 12.0 Å². The van der Waals surface area contributed by atoms with Gasteiger partial charge in [-0.05, 0) is 30.7 Å². The maximum Gasteiger partial charge on any atom is 0.420 e. The van der Waals surface area contributed by atoms with Gasteiger partial charge in [-0.15, -0.1) is 0 Å². The van der Waals surface area contributed by atoms with Crippen LogP contribution in [0.5, 0.6) is 17.2 Å². The Labute approximate surface area is 161 Å². The number of fused-ring (bicyclic) bond motifs is 1. The lowest BCUT2D eigenvalue weighted by atomic mass is 10.1. The molecule has 0 radical (unpaired) electrons. The number of methoxy groups -OCH3 is 1. The molecule has 0 aliphatic carbocycles. The molecule has 3 aromatic rings. The number of halogens is 4. The minimum atomic E-state index is -4.80. The Kier molecular flexibility index (Phi) is 5.03. The molecule has 146 valence electrons. The molecule has 0 fully saturated rings. The molecule has 0 N–H and O–H groups in total. The fraction of sp³-hybridized carbons (Fsp3) is 0.167. The van der Waals surface area contributed by atoms with Gasteiger partial charge in [0.25, 0.3) is 0 Å². The Bertz CT molecular complexity index is 1090. The average molecular weight is 413 g/mol. The molecule has 2 aromatic carbocycles. The van der Waals surface area contributed by atoms with Gasteiger partial charge in [-0.1, -0.05) is 23.7 Å². The second-order valence-corrected chi connectivity index (χ2v) is 6.15. The maximum absolute atomic E-state index is 13.3. The van der Waals surface area contributed by atoms with Crippen molar-refractivity contribution in [3.05, 3.63) is 62.8 Å². The molecule has 0 atom stereocenters. The summed E-state index contributed by atoms with van der Waals surface area (Å²) in [5.74, 6) is -1.46. The Morgan fingerprint density at radius 3 is 2.50 bits per heavy atom. The van der Waals surface area contributed by atoms with E-state index in [1.807, 2.05) is 0 Å². The first-order valence-corrected chi connectivity index (χ1v) is 8.17. The highest BCUT2D eigenvalue weighted by atomic mass is 35.5. The zero-order valence-corrected chi connectivity index (χ0v) is 15.3. The number of nitro benzene ring substituents is 1. The number of aromatic nitrogens is 1. The standard InChI is InChI=1S/C18H12ClF3N2O4/c1-9-8-14(19)23-15-10(9)4-3-5-13(15)28-17-12(24(25)26)7-6-11(16(17)27-2)18(20,21)22/h3-8H,1-2H3. The first-order valence-electron chi connectivity index (χ1n) is 7.79. The van der Waals surface area contributed by atoms with E-state index in [0.29, 0.717) is 11.5 Å². The third-order valence-electron chi connectivity index (χ3n) is 3.99. The molecule has 0 saturated carbocycles. The summed E-state index contributed by atoms with van der Waals surface area (Å²) >= 11 is 5.98. The Morgan fingerprint density at radius 1 is 1.18 bits per heavy atom. The highest BCUT2D eigenvalue weighted by molar-refractivity contribution is 6.30. The molecular formula is C18H12ClF3N2O4. The van der Waals surface area contributed by atoms with Crippen LogP contribution in [0.4, 0.5) is 18.9 Å². The van der Waals surface area contributed by atoms with Crippen LogP contribution in [0.3, 0.4) is 0 Å². The van der Waals surface area contributed by atoms with Gasteiger partial charge in [-0.3, -0.25) is 10.1 Å². The summed E-state index contributed by atoms with van der Waals surface area (Å²) in [6.45, 7) is 1.77. The second-order valence-electron chi connectivity index (χ2n) is 5.77. The smallest absolute Gasteiger partial charge is 0.420 e. The van der Waals surface area contributed by atoms with Crippen LogP contribution in [0.15, 0.2) is 36.4 Å². The van der Waals surface area contributed by atoms with E-state index in [9.17, 15) is 23.3 Å². The fourth-order valence-corrected chi connectivity index (χ4v) is 3.01. The quantitative estimate of drug-likeness (QED) is 0.302. The number of aryl methyl sites for hydroxylation is 1. The van der Waals surface area contributed by atoms with Gasteiger partial charge >= 0.3 is 11.9 Å². The largest absolute Gasteiger partial charge is 0.492 e. The summed E-state index contributed by atoms with van der Waals surface area (Å²) in [5.41, 5.74) is -0.870. The molecule has 0 spiro atoms. The normalized spacial score (nSPS) is 11.5. The lowest BCUT2D eigenvalue weighted by Gasteiger charge is -2.17. The van der Waals surface area contributed by atoms with E-state index in [1.165, 1.54) is 6.07 Å². The monoisotopic (exact) mass is 412 g/mol. The predicted molar refractivity (Wildman–Crippen MR) is 96.2 cm³/mol. The number of rotatable bonds is 4. The van der Waals surface area contributed by atoms with Crippen molar-refractivity contribution in [3.63, 3.8) is 0 Å². The number of alkyl halides is 3. The number of hydrogen-bond acceptors (Lipinski definition) is 5. The van der Waals surface area contributed by atoms with Gasteiger partial charge in [0.2, 0.25) is 5.75 Å². The fourth-order valence-electron chi connectivity index (χ4n) is 2.76. The molecule has 6 nitrogen and oxygen atoms in total. The molecule has 1 aromatic heterocycles. The van der Waals surface area contributed by atoms with Crippen molar-refractivity contribution >= 4 is 28.2 Å². The van der Waals surface area contributed by atoms with Crippen LogP contribution in [-0.2, 0) is 6.18 Å². The van der Waals surface area contributed by atoms with E-state index in [4.69, 9.17) is 21.1 Å². The third kappa shape index (κ3) is 3.53. The van der Waals surface area contributed by atoms with Crippen LogP contribution in [0.25, 0.3) is 10.9 Å². The van der Waals surface area contributed by atoms with Gasteiger partial charge in [-0.2, -0.15) is 13.2 Å². The summed E-state index contributed by atoms with van der Waals surface area (Å²) < 4.78 is 50.3. The Hall–Kier alpha value is -3.07. The highest BCUT2D eigenvalue weighted by Gasteiger charge is 2.39. The number of para-hydroxylation sites is 1. The molecule has 0 unspecified atom stereocenters. The molecule has 0 saturated heterocycles. The van der Waals surface area contributed by atoms with Crippen LogP contribution in [0, 0.1) is 17.0 Å². The van der Waals surface area contributed by atoms with Crippen LogP contribution in [-0.4, -0.2) is 17.0 Å². The Morgan fingerprint density at radius 2 is 1.89 bits per heavy atom. The molecular weight excluding hydrogens is 401 g/mol. The van der Waals surface area contributed by atoms with Crippen molar-refractivity contribution in [1.29, 1.82) is 0 Å². The number of nitro groups is 1.